The number of nitrogens with zero attached hydrogens (tertiary/aromatic N) is 3. The fourth-order valence-corrected chi connectivity index (χ4v) is 2.41. The van der Waals surface area contributed by atoms with Crippen LogP contribution in [-0.4, -0.2) is 35.6 Å². The van der Waals surface area contributed by atoms with Gasteiger partial charge in [0.15, 0.2) is 5.72 Å². The van der Waals surface area contributed by atoms with Gasteiger partial charge < -0.3 is 10.1 Å². The Hall–Kier alpha value is -2.55. The zero-order chi connectivity index (χ0) is 22.0. The van der Waals surface area contributed by atoms with E-state index >= 15 is 0 Å². The predicted octanol–water partition coefficient (Wildman–Crippen LogP) is 3.74. The quantitative estimate of drug-likeness (QED) is 0.800. The van der Waals surface area contributed by atoms with E-state index in [0.717, 1.165) is 17.4 Å². The number of ether oxygens (including phenoxy) is 1. The predicted molar refractivity (Wildman–Crippen MR) is 95.8 cm³/mol. The molecule has 1 aromatic carbocycles. The van der Waals surface area contributed by atoms with Crippen molar-refractivity contribution in [2.24, 2.45) is 0 Å². The number of halogens is 3. The number of carbonyl (C=O) groups excluding carboxylic acids is 1. The van der Waals surface area contributed by atoms with E-state index in [1.54, 1.807) is 34.6 Å². The zero-order valence-corrected chi connectivity index (χ0v) is 16.8. The molecule has 29 heavy (non-hydrogen) atoms. The van der Waals surface area contributed by atoms with E-state index in [9.17, 15) is 18.0 Å². The lowest BCUT2D eigenvalue weighted by Gasteiger charge is -2.24. The fraction of sp³-hybridized carbons (Fsp3) is 0.556. The summed E-state index contributed by atoms with van der Waals surface area (Å²) in [6.07, 6.45) is -5.30. The number of alkyl halides is 3. The molecule has 0 aromatic heterocycles. The van der Waals surface area contributed by atoms with Crippen LogP contribution >= 0.6 is 0 Å². The van der Waals surface area contributed by atoms with Crippen molar-refractivity contribution in [3.8, 4) is 6.07 Å². The van der Waals surface area contributed by atoms with E-state index in [1.165, 1.54) is 17.2 Å². The smallest absolute Gasteiger partial charge is 0.417 e. The molecule has 0 bridgehead atoms. The highest BCUT2D eigenvalue weighted by atomic mass is 19.4. The molecule has 0 atom stereocenters. The maximum absolute atomic E-state index is 13.2. The fourth-order valence-electron chi connectivity index (χ4n) is 2.41. The molecule has 1 aromatic rings. The number of rotatable bonds is 4. The molecule has 8 nitrogen and oxygen atoms in total. The number of carbonyl (C=O) groups is 1. The Balaban J connectivity index is 2.06. The van der Waals surface area contributed by atoms with Crippen LogP contribution in [0.25, 0.3) is 0 Å². The zero-order valence-electron chi connectivity index (χ0n) is 16.8. The molecule has 0 radical (unpaired) electrons. The van der Waals surface area contributed by atoms with Gasteiger partial charge in [-0.3, -0.25) is 0 Å². The van der Waals surface area contributed by atoms with E-state index < -0.39 is 34.7 Å². The summed E-state index contributed by atoms with van der Waals surface area (Å²) in [6.45, 7) is 8.82. The van der Waals surface area contributed by atoms with Gasteiger partial charge in [-0.15, -0.1) is 10.3 Å². The van der Waals surface area contributed by atoms with Gasteiger partial charge in [0.2, 0.25) is 0 Å². The lowest BCUT2D eigenvalue weighted by Crippen LogP contribution is -2.43. The third-order valence-electron chi connectivity index (χ3n) is 3.70. The van der Waals surface area contributed by atoms with Crippen molar-refractivity contribution in [2.75, 3.05) is 18.3 Å². The minimum Gasteiger partial charge on any atom is -0.444 e. The molecule has 1 N–H and O–H groups in total. The average molecular weight is 416 g/mol. The average Bonchev–Trinajstić information content (AvgIpc) is 2.86. The number of amides is 1. The van der Waals surface area contributed by atoms with Crippen LogP contribution < -0.4 is 10.5 Å². The Kier molecular flexibility index (Phi) is 6.32. The van der Waals surface area contributed by atoms with E-state index in [2.05, 4.69) is 5.32 Å². The van der Waals surface area contributed by atoms with Crippen molar-refractivity contribution in [1.82, 2.24) is 10.4 Å². The maximum atomic E-state index is 13.2. The Bertz CT molecular complexity index is 800. The summed E-state index contributed by atoms with van der Waals surface area (Å²) in [4.78, 5) is 22.8. The van der Waals surface area contributed by atoms with Crippen LogP contribution in [0.5, 0.6) is 0 Å². The molecule has 0 aliphatic carbocycles. The molecule has 1 heterocycles. The third-order valence-corrected chi connectivity index (χ3v) is 3.70. The van der Waals surface area contributed by atoms with Gasteiger partial charge in [0.1, 0.15) is 5.60 Å². The molecular formula is C18H23F3N4O4. The van der Waals surface area contributed by atoms with Gasteiger partial charge in [0, 0.05) is 13.1 Å². The van der Waals surface area contributed by atoms with Crippen LogP contribution in [0.1, 0.15) is 45.7 Å². The maximum Gasteiger partial charge on any atom is 0.417 e. The molecule has 160 valence electrons. The SMILES string of the molecule is CC(C)(C)OC(=O)NCCN1ON(c2ccc(C#N)c(C(F)(F)F)c2)OC1(C)C. The molecule has 1 saturated heterocycles. The molecule has 1 aliphatic rings. The van der Waals surface area contributed by atoms with E-state index in [4.69, 9.17) is 19.8 Å². The van der Waals surface area contributed by atoms with Crippen molar-refractivity contribution in [1.29, 1.82) is 5.26 Å². The Morgan fingerprint density at radius 1 is 1.31 bits per heavy atom. The van der Waals surface area contributed by atoms with Gasteiger partial charge in [-0.05, 0) is 52.8 Å². The number of benzene rings is 1. The minimum absolute atomic E-state index is 0.0352. The molecular weight excluding hydrogens is 393 g/mol. The lowest BCUT2D eigenvalue weighted by molar-refractivity contribution is -0.165. The number of anilines is 1. The topological polar surface area (TPSA) is 87.1 Å². The van der Waals surface area contributed by atoms with Crippen LogP contribution in [0.15, 0.2) is 18.2 Å². The first-order chi connectivity index (χ1) is 13.2. The first-order valence-electron chi connectivity index (χ1n) is 8.76. The molecule has 0 saturated carbocycles. The second-order valence-electron chi connectivity index (χ2n) is 7.75. The second-order valence-corrected chi connectivity index (χ2v) is 7.75. The number of hydroxylamine groups is 2. The van der Waals surface area contributed by atoms with Crippen molar-refractivity contribution < 1.29 is 32.5 Å². The van der Waals surface area contributed by atoms with Gasteiger partial charge in [-0.2, -0.15) is 23.4 Å². The van der Waals surface area contributed by atoms with Crippen molar-refractivity contribution in [2.45, 2.75) is 52.1 Å². The number of nitrogens with one attached hydrogen (secondary N) is 1. The van der Waals surface area contributed by atoms with Crippen LogP contribution in [0, 0.1) is 11.3 Å². The van der Waals surface area contributed by atoms with Crippen molar-refractivity contribution in [3.05, 3.63) is 29.3 Å². The van der Waals surface area contributed by atoms with E-state index in [1.807, 2.05) is 0 Å². The first kappa shape index (κ1) is 22.7. The highest BCUT2D eigenvalue weighted by molar-refractivity contribution is 5.67. The number of hydrogen-bond donors (Lipinski definition) is 1. The third kappa shape index (κ3) is 5.96. The number of alkyl carbamates (subject to hydrolysis) is 1. The van der Waals surface area contributed by atoms with Crippen LogP contribution in [0.2, 0.25) is 0 Å². The Labute approximate surface area is 166 Å². The Morgan fingerprint density at radius 3 is 2.52 bits per heavy atom. The van der Waals surface area contributed by atoms with Gasteiger partial charge in [-0.1, -0.05) is 0 Å². The highest BCUT2D eigenvalue weighted by Gasteiger charge is 2.42. The monoisotopic (exact) mass is 416 g/mol. The summed E-state index contributed by atoms with van der Waals surface area (Å²) < 4.78 is 44.7. The molecule has 11 heteroatoms. The van der Waals surface area contributed by atoms with Crippen molar-refractivity contribution in [3.63, 3.8) is 0 Å². The number of nitriles is 1. The van der Waals surface area contributed by atoms with Gasteiger partial charge >= 0.3 is 12.3 Å². The summed E-state index contributed by atoms with van der Waals surface area (Å²) in [5, 5.41) is 13.7. The summed E-state index contributed by atoms with van der Waals surface area (Å²) in [6, 6.07) is 4.62. The summed E-state index contributed by atoms with van der Waals surface area (Å²) in [5.74, 6) is 0. The summed E-state index contributed by atoms with van der Waals surface area (Å²) >= 11 is 0. The largest absolute Gasteiger partial charge is 0.444 e. The van der Waals surface area contributed by atoms with Crippen LogP contribution in [-0.2, 0) is 20.7 Å². The minimum atomic E-state index is -4.70. The normalized spacial score (nSPS) is 17.1. The lowest BCUT2D eigenvalue weighted by atomic mass is 10.1. The molecule has 1 amide bonds. The molecule has 0 unspecified atom stereocenters. The molecule has 1 aliphatic heterocycles. The van der Waals surface area contributed by atoms with Gasteiger partial charge in [0.05, 0.1) is 22.9 Å². The van der Waals surface area contributed by atoms with Crippen LogP contribution in [0.4, 0.5) is 23.7 Å². The number of hydrogen-bond acceptors (Lipinski definition) is 7. The molecule has 1 fully saturated rings. The van der Waals surface area contributed by atoms with E-state index in [-0.39, 0.29) is 18.8 Å². The first-order valence-corrected chi connectivity index (χ1v) is 8.76. The molecule has 0 spiro atoms. The summed E-state index contributed by atoms with van der Waals surface area (Å²) in [7, 11) is 0. The van der Waals surface area contributed by atoms with Crippen LogP contribution in [0.3, 0.4) is 0 Å². The Morgan fingerprint density at radius 2 is 1.97 bits per heavy atom. The second kappa shape index (κ2) is 8.06. The van der Waals surface area contributed by atoms with Gasteiger partial charge in [-0.25, -0.2) is 9.63 Å². The molecule has 2 rings (SSSR count). The van der Waals surface area contributed by atoms with E-state index in [0.29, 0.717) is 0 Å². The van der Waals surface area contributed by atoms with Crippen molar-refractivity contribution >= 4 is 11.8 Å². The van der Waals surface area contributed by atoms with Gasteiger partial charge in [0.25, 0.3) is 0 Å². The summed E-state index contributed by atoms with van der Waals surface area (Å²) in [5.41, 5.74) is -3.29. The standard InChI is InChI=1S/C18H23F3N4O4/c1-16(2,3)27-15(26)23-8-9-24-17(4,5)28-25(29-24)13-7-6-12(11-22)14(10-13)18(19,20)21/h6-7,10H,8-9H2,1-5H3,(H,23,26). The highest BCUT2D eigenvalue weighted by Crippen LogP contribution is 2.37.